The summed E-state index contributed by atoms with van der Waals surface area (Å²) in [6, 6.07) is 0.314. The first-order chi connectivity index (χ1) is 9.61. The van der Waals surface area contributed by atoms with Crippen molar-refractivity contribution in [3.05, 3.63) is 11.7 Å². The lowest BCUT2D eigenvalue weighted by atomic mass is 9.89. The van der Waals surface area contributed by atoms with Crippen molar-refractivity contribution in [3.63, 3.8) is 0 Å². The molecule has 1 aromatic rings. The van der Waals surface area contributed by atoms with Crippen molar-refractivity contribution in [2.45, 2.75) is 64.5 Å². The van der Waals surface area contributed by atoms with Gasteiger partial charge in [0.2, 0.25) is 5.89 Å². The van der Waals surface area contributed by atoms with Crippen molar-refractivity contribution < 1.29 is 9.26 Å². The first kappa shape index (κ1) is 15.4. The Hall–Kier alpha value is -0.940. The minimum atomic E-state index is 0.244. The van der Waals surface area contributed by atoms with Crippen molar-refractivity contribution in [2.24, 2.45) is 5.92 Å². The summed E-state index contributed by atoms with van der Waals surface area (Å²) in [7, 11) is 1.97. The van der Waals surface area contributed by atoms with Gasteiger partial charge in [-0.15, -0.1) is 0 Å². The SMILES string of the molecule is CNC(C)C(c1nc(CC2CCCCO2)no1)C(C)C. The molecule has 0 amide bonds. The summed E-state index contributed by atoms with van der Waals surface area (Å²) in [5.74, 6) is 2.22. The number of rotatable bonds is 6. The molecule has 2 rings (SSSR count). The molecule has 114 valence electrons. The molecule has 0 saturated carbocycles. The van der Waals surface area contributed by atoms with Gasteiger partial charge in [-0.05, 0) is 39.2 Å². The largest absolute Gasteiger partial charge is 0.378 e. The van der Waals surface area contributed by atoms with Crippen LogP contribution in [-0.2, 0) is 11.2 Å². The van der Waals surface area contributed by atoms with Crippen LogP contribution in [0.2, 0.25) is 0 Å². The zero-order valence-electron chi connectivity index (χ0n) is 13.1. The van der Waals surface area contributed by atoms with E-state index in [4.69, 9.17) is 9.26 Å². The van der Waals surface area contributed by atoms with E-state index in [-0.39, 0.29) is 12.0 Å². The van der Waals surface area contributed by atoms with Crippen LogP contribution in [0.5, 0.6) is 0 Å². The smallest absolute Gasteiger partial charge is 0.231 e. The average molecular weight is 281 g/mol. The molecular formula is C15H27N3O2. The summed E-state index contributed by atoms with van der Waals surface area (Å²) in [5, 5.41) is 7.42. The van der Waals surface area contributed by atoms with E-state index in [1.165, 1.54) is 12.8 Å². The topological polar surface area (TPSA) is 60.2 Å². The van der Waals surface area contributed by atoms with Gasteiger partial charge in [-0.1, -0.05) is 19.0 Å². The molecule has 0 spiro atoms. The summed E-state index contributed by atoms with van der Waals surface area (Å²) in [5.41, 5.74) is 0. The third kappa shape index (κ3) is 3.79. The highest BCUT2D eigenvalue weighted by atomic mass is 16.5. The monoisotopic (exact) mass is 281 g/mol. The third-order valence-corrected chi connectivity index (χ3v) is 4.17. The Morgan fingerprint density at radius 2 is 2.10 bits per heavy atom. The number of hydrogen-bond acceptors (Lipinski definition) is 5. The number of aromatic nitrogens is 2. The second kappa shape index (κ2) is 7.18. The molecule has 1 fully saturated rings. The predicted molar refractivity (Wildman–Crippen MR) is 77.7 cm³/mol. The standard InChI is InChI=1S/C15H27N3O2/c1-10(2)14(11(3)16-4)15-17-13(18-20-15)9-12-7-5-6-8-19-12/h10-12,14,16H,5-9H2,1-4H3. The van der Waals surface area contributed by atoms with Crippen molar-refractivity contribution >= 4 is 0 Å². The van der Waals surface area contributed by atoms with E-state index in [0.29, 0.717) is 12.0 Å². The summed E-state index contributed by atoms with van der Waals surface area (Å²) in [6.07, 6.45) is 4.53. The van der Waals surface area contributed by atoms with Gasteiger partial charge in [-0.3, -0.25) is 0 Å². The van der Waals surface area contributed by atoms with Crippen molar-refractivity contribution in [2.75, 3.05) is 13.7 Å². The molecule has 0 bridgehead atoms. The second-order valence-corrected chi connectivity index (χ2v) is 6.09. The molecule has 1 aliphatic rings. The van der Waals surface area contributed by atoms with Gasteiger partial charge >= 0.3 is 0 Å². The van der Waals surface area contributed by atoms with Crippen molar-refractivity contribution in [3.8, 4) is 0 Å². The van der Waals surface area contributed by atoms with Crippen LogP contribution >= 0.6 is 0 Å². The third-order valence-electron chi connectivity index (χ3n) is 4.17. The molecule has 1 aromatic heterocycles. The Kier molecular flexibility index (Phi) is 5.54. The number of nitrogens with one attached hydrogen (secondary N) is 1. The number of likely N-dealkylation sites (N-methyl/N-ethyl adjacent to an activating group) is 1. The Balaban J connectivity index is 2.02. The van der Waals surface area contributed by atoms with Crippen LogP contribution < -0.4 is 5.32 Å². The molecule has 3 unspecified atom stereocenters. The maximum Gasteiger partial charge on any atom is 0.231 e. The molecule has 0 aromatic carbocycles. The maximum atomic E-state index is 5.73. The van der Waals surface area contributed by atoms with Gasteiger partial charge in [0, 0.05) is 19.1 Å². The van der Waals surface area contributed by atoms with E-state index in [2.05, 4.69) is 36.2 Å². The van der Waals surface area contributed by atoms with E-state index in [0.717, 1.165) is 31.2 Å². The van der Waals surface area contributed by atoms with E-state index >= 15 is 0 Å². The lowest BCUT2D eigenvalue weighted by Crippen LogP contribution is -2.32. The van der Waals surface area contributed by atoms with E-state index in [1.807, 2.05) is 7.05 Å². The highest BCUT2D eigenvalue weighted by molar-refractivity contribution is 5.00. The Morgan fingerprint density at radius 3 is 2.70 bits per heavy atom. The van der Waals surface area contributed by atoms with Crippen LogP contribution in [0.1, 0.15) is 57.7 Å². The lowest BCUT2D eigenvalue weighted by molar-refractivity contribution is 0.0153. The normalized spacial score (nSPS) is 22.9. The molecule has 3 atom stereocenters. The fourth-order valence-corrected chi connectivity index (χ4v) is 2.91. The van der Waals surface area contributed by atoms with Gasteiger partial charge in [0.15, 0.2) is 5.82 Å². The van der Waals surface area contributed by atoms with Crippen LogP contribution in [-0.4, -0.2) is 35.9 Å². The molecule has 1 saturated heterocycles. The van der Waals surface area contributed by atoms with Crippen LogP contribution in [0.3, 0.4) is 0 Å². The fourth-order valence-electron chi connectivity index (χ4n) is 2.91. The highest BCUT2D eigenvalue weighted by Crippen LogP contribution is 2.27. The van der Waals surface area contributed by atoms with Crippen molar-refractivity contribution in [1.29, 1.82) is 0 Å². The minimum absolute atomic E-state index is 0.244. The van der Waals surface area contributed by atoms with Gasteiger partial charge in [0.05, 0.1) is 12.0 Å². The summed E-state index contributed by atoms with van der Waals surface area (Å²) in [6.45, 7) is 7.39. The number of nitrogens with zero attached hydrogens (tertiary/aromatic N) is 2. The summed E-state index contributed by atoms with van der Waals surface area (Å²) < 4.78 is 11.2. The van der Waals surface area contributed by atoms with E-state index in [9.17, 15) is 0 Å². The predicted octanol–water partition coefficient (Wildman–Crippen LogP) is 2.53. The van der Waals surface area contributed by atoms with Gasteiger partial charge < -0.3 is 14.6 Å². The molecule has 1 aliphatic heterocycles. The van der Waals surface area contributed by atoms with Gasteiger partial charge in [0.1, 0.15) is 0 Å². The van der Waals surface area contributed by atoms with Gasteiger partial charge in [0.25, 0.3) is 0 Å². The van der Waals surface area contributed by atoms with E-state index < -0.39 is 0 Å². The Labute approximate surface area is 121 Å². The molecule has 2 heterocycles. The average Bonchev–Trinajstić information content (AvgIpc) is 2.87. The Morgan fingerprint density at radius 1 is 1.30 bits per heavy atom. The molecule has 0 aliphatic carbocycles. The van der Waals surface area contributed by atoms with Crippen molar-refractivity contribution in [1.82, 2.24) is 15.5 Å². The second-order valence-electron chi connectivity index (χ2n) is 6.09. The first-order valence-electron chi connectivity index (χ1n) is 7.73. The first-order valence-corrected chi connectivity index (χ1v) is 7.73. The summed E-state index contributed by atoms with van der Waals surface area (Å²) in [4.78, 5) is 4.60. The van der Waals surface area contributed by atoms with E-state index in [1.54, 1.807) is 0 Å². The van der Waals surface area contributed by atoms with Gasteiger partial charge in [-0.25, -0.2) is 0 Å². The summed E-state index contributed by atoms with van der Waals surface area (Å²) >= 11 is 0. The zero-order valence-corrected chi connectivity index (χ0v) is 13.1. The quantitative estimate of drug-likeness (QED) is 0.868. The van der Waals surface area contributed by atoms with Gasteiger partial charge in [-0.2, -0.15) is 4.98 Å². The van der Waals surface area contributed by atoms with Crippen LogP contribution in [0.25, 0.3) is 0 Å². The molecule has 20 heavy (non-hydrogen) atoms. The van der Waals surface area contributed by atoms with Crippen LogP contribution in [0.15, 0.2) is 4.52 Å². The van der Waals surface area contributed by atoms with Crippen LogP contribution in [0, 0.1) is 5.92 Å². The lowest BCUT2D eigenvalue weighted by Gasteiger charge is -2.23. The number of hydrogen-bond donors (Lipinski definition) is 1. The fraction of sp³-hybridized carbons (Fsp3) is 0.867. The maximum absolute atomic E-state index is 5.73. The molecule has 0 radical (unpaired) electrons. The molecule has 1 N–H and O–H groups in total. The number of ether oxygens (including phenoxy) is 1. The zero-order chi connectivity index (χ0) is 14.5. The molecule has 5 nitrogen and oxygen atoms in total. The highest BCUT2D eigenvalue weighted by Gasteiger charge is 2.28. The Bertz CT molecular complexity index is 400. The minimum Gasteiger partial charge on any atom is -0.378 e. The van der Waals surface area contributed by atoms with Crippen LogP contribution in [0.4, 0.5) is 0 Å². The molecular weight excluding hydrogens is 254 g/mol. The molecule has 5 heteroatoms.